The molecule has 2 nitrogen and oxygen atoms in total. The molecule has 0 aliphatic carbocycles. The summed E-state index contributed by atoms with van der Waals surface area (Å²) < 4.78 is 52.7. The van der Waals surface area contributed by atoms with Gasteiger partial charge in [0, 0.05) is 5.56 Å². The van der Waals surface area contributed by atoms with Crippen LogP contribution in [0.5, 0.6) is 5.75 Å². The Morgan fingerprint density at radius 3 is 2.47 bits per heavy atom. The average Bonchev–Trinajstić information content (AvgIpc) is 2.14. The van der Waals surface area contributed by atoms with Crippen LogP contribution in [0.2, 0.25) is 0 Å². The molecule has 0 saturated carbocycles. The summed E-state index contributed by atoms with van der Waals surface area (Å²) in [6.07, 6.45) is -4.53. The van der Waals surface area contributed by atoms with Crippen molar-refractivity contribution in [3.63, 3.8) is 0 Å². The van der Waals surface area contributed by atoms with Gasteiger partial charge in [0.25, 0.3) is 0 Å². The van der Waals surface area contributed by atoms with E-state index in [0.717, 1.165) is 6.07 Å². The fourth-order valence-corrected chi connectivity index (χ4v) is 0.994. The summed E-state index contributed by atoms with van der Waals surface area (Å²) in [6, 6.07) is 3.53. The topological polar surface area (TPSA) is 29.5 Å². The van der Waals surface area contributed by atoms with Gasteiger partial charge in [0.15, 0.2) is 18.2 Å². The number of hydrogen-bond donors (Lipinski definition) is 1. The highest BCUT2D eigenvalue weighted by Gasteiger charge is 2.29. The Morgan fingerprint density at radius 1 is 1.27 bits per heavy atom. The molecule has 0 aliphatic rings. The molecule has 84 valence electrons. The molecule has 0 aromatic heterocycles. The van der Waals surface area contributed by atoms with Crippen LogP contribution in [0.3, 0.4) is 0 Å². The Labute approximate surface area is 83.1 Å². The van der Waals surface area contributed by atoms with E-state index in [1.807, 2.05) is 0 Å². The molecule has 6 heteroatoms. The van der Waals surface area contributed by atoms with Gasteiger partial charge < -0.3 is 9.84 Å². The number of alkyl halides is 3. The smallest absolute Gasteiger partial charge is 0.422 e. The van der Waals surface area contributed by atoms with Crippen LogP contribution < -0.4 is 4.74 Å². The van der Waals surface area contributed by atoms with Crippen molar-refractivity contribution >= 4 is 0 Å². The van der Waals surface area contributed by atoms with Crippen molar-refractivity contribution in [3.8, 4) is 5.75 Å². The van der Waals surface area contributed by atoms with Gasteiger partial charge in [-0.05, 0) is 6.07 Å². The van der Waals surface area contributed by atoms with Gasteiger partial charge in [-0.15, -0.1) is 0 Å². The highest BCUT2D eigenvalue weighted by molar-refractivity contribution is 5.34. The standard InChI is InChI=1S/C9H8F4O2/c10-7-3-1-2-6(4-14)8(7)15-5-9(11,12)13/h1-3,14H,4-5H2. The second-order valence-corrected chi connectivity index (χ2v) is 2.79. The third-order valence-corrected chi connectivity index (χ3v) is 1.60. The van der Waals surface area contributed by atoms with Gasteiger partial charge >= 0.3 is 6.18 Å². The molecule has 1 aromatic rings. The molecule has 1 aromatic carbocycles. The maximum absolute atomic E-state index is 13.0. The van der Waals surface area contributed by atoms with Crippen LogP contribution in [0, 0.1) is 5.82 Å². The first-order chi connectivity index (χ1) is 6.94. The number of aliphatic hydroxyl groups excluding tert-OH is 1. The minimum absolute atomic E-state index is 0.0146. The van der Waals surface area contributed by atoms with E-state index in [-0.39, 0.29) is 5.56 Å². The molecule has 0 unspecified atom stereocenters. The summed E-state index contributed by atoms with van der Waals surface area (Å²) in [5.74, 6) is -1.48. The number of halogens is 4. The van der Waals surface area contributed by atoms with Crippen LogP contribution in [0.4, 0.5) is 17.6 Å². The molecule has 0 spiro atoms. The third kappa shape index (κ3) is 3.39. The first-order valence-corrected chi connectivity index (χ1v) is 4.02. The lowest BCUT2D eigenvalue weighted by Crippen LogP contribution is -2.20. The lowest BCUT2D eigenvalue weighted by molar-refractivity contribution is -0.154. The van der Waals surface area contributed by atoms with Crippen LogP contribution in [-0.4, -0.2) is 17.9 Å². The maximum atomic E-state index is 13.0. The zero-order chi connectivity index (χ0) is 11.5. The second-order valence-electron chi connectivity index (χ2n) is 2.79. The van der Waals surface area contributed by atoms with Gasteiger partial charge in [0.2, 0.25) is 0 Å². The summed E-state index contributed by atoms with van der Waals surface area (Å²) in [4.78, 5) is 0. The van der Waals surface area contributed by atoms with Crippen LogP contribution in [0.25, 0.3) is 0 Å². The molecule has 0 atom stereocenters. The van der Waals surface area contributed by atoms with E-state index >= 15 is 0 Å². The summed E-state index contributed by atoms with van der Waals surface area (Å²) >= 11 is 0. The van der Waals surface area contributed by atoms with Gasteiger partial charge in [0.1, 0.15) is 0 Å². The fourth-order valence-electron chi connectivity index (χ4n) is 0.994. The number of benzene rings is 1. The van der Waals surface area contributed by atoms with Crippen molar-refractivity contribution in [3.05, 3.63) is 29.6 Å². The van der Waals surface area contributed by atoms with Crippen LogP contribution in [0.15, 0.2) is 18.2 Å². The van der Waals surface area contributed by atoms with Crippen molar-refractivity contribution in [1.29, 1.82) is 0 Å². The van der Waals surface area contributed by atoms with Crippen LogP contribution in [0.1, 0.15) is 5.56 Å². The Hall–Kier alpha value is -1.30. The van der Waals surface area contributed by atoms with E-state index in [4.69, 9.17) is 5.11 Å². The number of rotatable bonds is 3. The molecule has 0 radical (unpaired) electrons. The van der Waals surface area contributed by atoms with Crippen molar-refractivity contribution < 1.29 is 27.4 Å². The van der Waals surface area contributed by atoms with Crippen molar-refractivity contribution in [2.45, 2.75) is 12.8 Å². The lowest BCUT2D eigenvalue weighted by Gasteiger charge is -2.12. The normalized spacial score (nSPS) is 11.5. The minimum Gasteiger partial charge on any atom is -0.481 e. The SMILES string of the molecule is OCc1cccc(F)c1OCC(F)(F)F. The second kappa shape index (κ2) is 4.48. The zero-order valence-corrected chi connectivity index (χ0v) is 7.51. The molecule has 1 rings (SSSR count). The number of para-hydroxylation sites is 1. The highest BCUT2D eigenvalue weighted by Crippen LogP contribution is 2.25. The zero-order valence-electron chi connectivity index (χ0n) is 7.51. The molecule has 15 heavy (non-hydrogen) atoms. The van der Waals surface area contributed by atoms with Crippen molar-refractivity contribution in [2.24, 2.45) is 0 Å². The molecule has 0 saturated heterocycles. The molecule has 0 bridgehead atoms. The highest BCUT2D eigenvalue weighted by atomic mass is 19.4. The summed E-state index contributed by atoms with van der Waals surface area (Å²) in [6.45, 7) is -2.16. The van der Waals surface area contributed by atoms with Gasteiger partial charge in [-0.3, -0.25) is 0 Å². The lowest BCUT2D eigenvalue weighted by atomic mass is 10.2. The molecule has 0 fully saturated rings. The Bertz CT molecular complexity index is 335. The fraction of sp³-hybridized carbons (Fsp3) is 0.333. The number of ether oxygens (including phenoxy) is 1. The Kier molecular flexibility index (Phi) is 3.52. The van der Waals surface area contributed by atoms with E-state index in [1.54, 1.807) is 0 Å². The van der Waals surface area contributed by atoms with Gasteiger partial charge in [-0.1, -0.05) is 12.1 Å². The number of aliphatic hydroxyl groups is 1. The van der Waals surface area contributed by atoms with E-state index in [9.17, 15) is 17.6 Å². The third-order valence-electron chi connectivity index (χ3n) is 1.60. The summed E-state index contributed by atoms with van der Waals surface area (Å²) in [7, 11) is 0. The van der Waals surface area contributed by atoms with Gasteiger partial charge in [0.05, 0.1) is 6.61 Å². The van der Waals surface area contributed by atoms with E-state index in [2.05, 4.69) is 4.74 Å². The Balaban J connectivity index is 2.83. The first kappa shape index (κ1) is 11.8. The van der Waals surface area contributed by atoms with E-state index in [0.29, 0.717) is 0 Å². The molecule has 0 aliphatic heterocycles. The monoisotopic (exact) mass is 224 g/mol. The molecule has 0 amide bonds. The first-order valence-electron chi connectivity index (χ1n) is 4.02. The molecular weight excluding hydrogens is 216 g/mol. The quantitative estimate of drug-likeness (QED) is 0.798. The van der Waals surface area contributed by atoms with Crippen molar-refractivity contribution in [1.82, 2.24) is 0 Å². The largest absolute Gasteiger partial charge is 0.481 e. The molecular formula is C9H8F4O2. The predicted octanol–water partition coefficient (Wildman–Crippen LogP) is 2.26. The van der Waals surface area contributed by atoms with E-state index < -0.39 is 31.0 Å². The Morgan fingerprint density at radius 2 is 1.93 bits per heavy atom. The average molecular weight is 224 g/mol. The summed E-state index contributed by atoms with van der Waals surface area (Å²) in [5, 5.41) is 8.74. The van der Waals surface area contributed by atoms with E-state index in [1.165, 1.54) is 12.1 Å². The predicted molar refractivity (Wildman–Crippen MR) is 43.9 cm³/mol. The molecule has 0 heterocycles. The minimum atomic E-state index is -4.53. The van der Waals surface area contributed by atoms with Gasteiger partial charge in [-0.25, -0.2) is 4.39 Å². The van der Waals surface area contributed by atoms with Crippen molar-refractivity contribution in [2.75, 3.05) is 6.61 Å². The van der Waals surface area contributed by atoms with Crippen LogP contribution in [-0.2, 0) is 6.61 Å². The number of hydrogen-bond acceptors (Lipinski definition) is 2. The maximum Gasteiger partial charge on any atom is 0.422 e. The molecule has 1 N–H and O–H groups in total. The van der Waals surface area contributed by atoms with Crippen LogP contribution >= 0.6 is 0 Å². The summed E-state index contributed by atoms with van der Waals surface area (Å²) in [5.41, 5.74) is -0.0146. The van der Waals surface area contributed by atoms with Gasteiger partial charge in [-0.2, -0.15) is 13.2 Å².